The Morgan fingerprint density at radius 1 is 1.47 bits per heavy atom. The second-order valence-corrected chi connectivity index (χ2v) is 4.83. The number of nitrogens with zero attached hydrogens (tertiary/aromatic N) is 2. The van der Waals surface area contributed by atoms with E-state index in [4.69, 9.17) is 0 Å². The Bertz CT molecular complexity index is 302. The maximum Gasteiger partial charge on any atom is 0.325 e. The van der Waals surface area contributed by atoms with Crippen molar-refractivity contribution in [1.82, 2.24) is 9.80 Å². The molecule has 98 valence electrons. The molecule has 1 rings (SSSR count). The number of esters is 1. The Morgan fingerprint density at radius 2 is 2.12 bits per heavy atom. The molecule has 5 nitrogen and oxygen atoms in total. The van der Waals surface area contributed by atoms with Gasteiger partial charge in [-0.05, 0) is 20.3 Å². The van der Waals surface area contributed by atoms with Crippen molar-refractivity contribution in [1.29, 1.82) is 0 Å². The van der Waals surface area contributed by atoms with Crippen LogP contribution in [0.1, 0.15) is 33.6 Å². The highest BCUT2D eigenvalue weighted by Crippen LogP contribution is 2.27. The van der Waals surface area contributed by atoms with Gasteiger partial charge in [0.25, 0.3) is 0 Å². The molecule has 0 aromatic heterocycles. The highest BCUT2D eigenvalue weighted by atomic mass is 16.5. The van der Waals surface area contributed by atoms with E-state index >= 15 is 0 Å². The topological polar surface area (TPSA) is 49.9 Å². The molecular weight excluding hydrogens is 220 g/mol. The van der Waals surface area contributed by atoms with Crippen LogP contribution >= 0.6 is 0 Å². The molecule has 0 unspecified atom stereocenters. The van der Waals surface area contributed by atoms with E-state index in [-0.39, 0.29) is 18.4 Å². The Balaban J connectivity index is 2.71. The lowest BCUT2D eigenvalue weighted by Gasteiger charge is -2.37. The van der Waals surface area contributed by atoms with Crippen LogP contribution in [0.25, 0.3) is 0 Å². The molecule has 1 aliphatic rings. The number of methoxy groups -OCH3 is 1. The van der Waals surface area contributed by atoms with Gasteiger partial charge in [0, 0.05) is 6.54 Å². The summed E-state index contributed by atoms with van der Waals surface area (Å²) in [7, 11) is 1.34. The minimum atomic E-state index is -0.402. The Hall–Kier alpha value is -1.10. The number of carbonyl (C=O) groups excluding carboxylic acids is 2. The summed E-state index contributed by atoms with van der Waals surface area (Å²) < 4.78 is 4.62. The van der Waals surface area contributed by atoms with E-state index in [0.717, 1.165) is 19.4 Å². The highest BCUT2D eigenvalue weighted by molar-refractivity contribution is 5.85. The third-order valence-electron chi connectivity index (χ3n) is 3.36. The molecule has 0 aliphatic carbocycles. The van der Waals surface area contributed by atoms with E-state index in [1.165, 1.54) is 7.11 Å². The second kappa shape index (κ2) is 5.49. The van der Waals surface area contributed by atoms with Gasteiger partial charge in [0.2, 0.25) is 5.91 Å². The van der Waals surface area contributed by atoms with E-state index in [9.17, 15) is 9.59 Å². The van der Waals surface area contributed by atoms with E-state index < -0.39 is 5.66 Å². The number of unbranched alkanes of at least 4 members (excludes halogenated alkanes) is 1. The predicted molar refractivity (Wildman–Crippen MR) is 64.3 cm³/mol. The standard InChI is InChI=1S/C12H22N2O3/c1-5-6-7-13-8-10(15)14(12(13,2)3)9-11(16)17-4/h5-9H2,1-4H3. The van der Waals surface area contributed by atoms with Gasteiger partial charge in [0.05, 0.1) is 19.3 Å². The molecular formula is C12H22N2O3. The Labute approximate surface area is 103 Å². The first-order chi connectivity index (χ1) is 7.93. The summed E-state index contributed by atoms with van der Waals surface area (Å²) >= 11 is 0. The average molecular weight is 242 g/mol. The third-order valence-corrected chi connectivity index (χ3v) is 3.36. The van der Waals surface area contributed by atoms with Crippen molar-refractivity contribution >= 4 is 11.9 Å². The number of ether oxygens (including phenoxy) is 1. The van der Waals surface area contributed by atoms with Gasteiger partial charge in [-0.15, -0.1) is 0 Å². The smallest absolute Gasteiger partial charge is 0.325 e. The summed E-state index contributed by atoms with van der Waals surface area (Å²) in [5.74, 6) is -0.375. The van der Waals surface area contributed by atoms with Crippen LogP contribution in [0.15, 0.2) is 0 Å². The molecule has 0 aromatic carbocycles. The first-order valence-corrected chi connectivity index (χ1v) is 6.05. The van der Waals surface area contributed by atoms with Crippen molar-refractivity contribution < 1.29 is 14.3 Å². The first-order valence-electron chi connectivity index (χ1n) is 6.05. The lowest BCUT2D eigenvalue weighted by Crippen LogP contribution is -2.51. The number of rotatable bonds is 5. The van der Waals surface area contributed by atoms with Crippen molar-refractivity contribution in [2.75, 3.05) is 26.7 Å². The third kappa shape index (κ3) is 2.97. The van der Waals surface area contributed by atoms with Gasteiger partial charge in [-0.1, -0.05) is 13.3 Å². The van der Waals surface area contributed by atoms with Crippen molar-refractivity contribution in [3.05, 3.63) is 0 Å². The number of carbonyl (C=O) groups is 2. The Kier molecular flexibility index (Phi) is 4.51. The number of amides is 1. The van der Waals surface area contributed by atoms with E-state index in [2.05, 4.69) is 16.6 Å². The SMILES string of the molecule is CCCCN1CC(=O)N(CC(=O)OC)C1(C)C. The molecule has 0 atom stereocenters. The zero-order valence-electron chi connectivity index (χ0n) is 11.2. The van der Waals surface area contributed by atoms with E-state index in [1.54, 1.807) is 4.90 Å². The van der Waals surface area contributed by atoms with Crippen LogP contribution < -0.4 is 0 Å². The lowest BCUT2D eigenvalue weighted by atomic mass is 10.2. The molecule has 0 N–H and O–H groups in total. The summed E-state index contributed by atoms with van der Waals surface area (Å²) in [5, 5.41) is 0. The minimum absolute atomic E-state index is 0.00324. The summed E-state index contributed by atoms with van der Waals surface area (Å²) in [4.78, 5) is 26.9. The average Bonchev–Trinajstić information content (AvgIpc) is 2.49. The zero-order chi connectivity index (χ0) is 13.1. The summed E-state index contributed by atoms with van der Waals surface area (Å²) in [5.41, 5.74) is -0.402. The zero-order valence-corrected chi connectivity index (χ0v) is 11.2. The summed E-state index contributed by atoms with van der Waals surface area (Å²) in [6.45, 7) is 7.37. The molecule has 0 bridgehead atoms. The van der Waals surface area contributed by atoms with Crippen LogP contribution in [0.2, 0.25) is 0 Å². The van der Waals surface area contributed by atoms with Crippen LogP contribution in [-0.4, -0.2) is 54.1 Å². The Morgan fingerprint density at radius 3 is 2.65 bits per heavy atom. The molecule has 0 saturated carbocycles. The van der Waals surface area contributed by atoms with Gasteiger partial charge < -0.3 is 9.64 Å². The molecule has 1 fully saturated rings. The van der Waals surface area contributed by atoms with Gasteiger partial charge >= 0.3 is 5.97 Å². The van der Waals surface area contributed by atoms with Gasteiger partial charge in [-0.3, -0.25) is 14.5 Å². The number of hydrogen-bond acceptors (Lipinski definition) is 4. The van der Waals surface area contributed by atoms with Gasteiger partial charge in [0.1, 0.15) is 6.54 Å². The van der Waals surface area contributed by atoms with Crippen molar-refractivity contribution in [3.8, 4) is 0 Å². The van der Waals surface area contributed by atoms with Crippen molar-refractivity contribution in [2.45, 2.75) is 39.3 Å². The molecule has 0 aromatic rings. The largest absolute Gasteiger partial charge is 0.468 e. The monoisotopic (exact) mass is 242 g/mol. The van der Waals surface area contributed by atoms with Crippen molar-refractivity contribution in [3.63, 3.8) is 0 Å². The molecule has 0 radical (unpaired) electrons. The summed E-state index contributed by atoms with van der Waals surface area (Å²) in [6.07, 6.45) is 2.15. The maximum atomic E-state index is 11.9. The lowest BCUT2D eigenvalue weighted by molar-refractivity contribution is -0.148. The van der Waals surface area contributed by atoms with Crippen LogP contribution in [0.5, 0.6) is 0 Å². The predicted octanol–water partition coefficient (Wildman–Crippen LogP) is 0.840. The van der Waals surface area contributed by atoms with Crippen LogP contribution in [0.3, 0.4) is 0 Å². The number of hydrogen-bond donors (Lipinski definition) is 0. The molecule has 1 saturated heterocycles. The molecule has 0 spiro atoms. The van der Waals surface area contributed by atoms with Gasteiger partial charge in [-0.2, -0.15) is 0 Å². The van der Waals surface area contributed by atoms with Crippen LogP contribution in [-0.2, 0) is 14.3 Å². The normalized spacial score (nSPS) is 19.8. The molecule has 5 heteroatoms. The van der Waals surface area contributed by atoms with E-state index in [1.807, 2.05) is 13.8 Å². The van der Waals surface area contributed by atoms with E-state index in [0.29, 0.717) is 6.54 Å². The molecule has 1 aliphatic heterocycles. The fourth-order valence-corrected chi connectivity index (χ4v) is 2.09. The van der Waals surface area contributed by atoms with Crippen LogP contribution in [0, 0.1) is 0 Å². The summed E-state index contributed by atoms with van der Waals surface area (Å²) in [6, 6.07) is 0. The van der Waals surface area contributed by atoms with Crippen LogP contribution in [0.4, 0.5) is 0 Å². The second-order valence-electron chi connectivity index (χ2n) is 4.83. The first kappa shape index (κ1) is 14.0. The quantitative estimate of drug-likeness (QED) is 0.670. The van der Waals surface area contributed by atoms with Gasteiger partial charge in [-0.25, -0.2) is 0 Å². The minimum Gasteiger partial charge on any atom is -0.468 e. The maximum absolute atomic E-state index is 11.9. The highest BCUT2D eigenvalue weighted by Gasteiger charge is 2.44. The molecule has 17 heavy (non-hydrogen) atoms. The fourth-order valence-electron chi connectivity index (χ4n) is 2.09. The molecule has 1 amide bonds. The van der Waals surface area contributed by atoms with Gasteiger partial charge in [0.15, 0.2) is 0 Å². The fraction of sp³-hybridized carbons (Fsp3) is 0.833. The molecule has 1 heterocycles. The van der Waals surface area contributed by atoms with Crippen molar-refractivity contribution in [2.24, 2.45) is 0 Å².